The highest BCUT2D eigenvalue weighted by atomic mass is 35.5. The predicted octanol–water partition coefficient (Wildman–Crippen LogP) is 2.82. The number of aromatic nitrogens is 1. The lowest BCUT2D eigenvalue weighted by Crippen LogP contribution is -2.48. The Morgan fingerprint density at radius 3 is 2.48 bits per heavy atom. The Bertz CT molecular complexity index is 623. The number of hydrogen-bond donors (Lipinski definition) is 2. The zero-order valence-corrected chi connectivity index (χ0v) is 14.9. The summed E-state index contributed by atoms with van der Waals surface area (Å²) in [7, 11) is 0. The van der Waals surface area contributed by atoms with Crippen molar-refractivity contribution in [1.29, 1.82) is 0 Å². The van der Waals surface area contributed by atoms with Crippen LogP contribution in [0.5, 0.6) is 0 Å². The summed E-state index contributed by atoms with van der Waals surface area (Å²) in [5.41, 5.74) is 4.49. The summed E-state index contributed by atoms with van der Waals surface area (Å²) in [6.07, 6.45) is -2.54. The number of piperidine rings is 1. The minimum atomic E-state index is -4.48. The number of nitrogens with zero attached hydrogens (tertiary/aromatic N) is 2. The van der Waals surface area contributed by atoms with Crippen LogP contribution in [0.3, 0.4) is 0 Å². The van der Waals surface area contributed by atoms with Gasteiger partial charge in [-0.2, -0.15) is 13.2 Å². The van der Waals surface area contributed by atoms with E-state index in [2.05, 4.69) is 10.3 Å². The highest BCUT2D eigenvalue weighted by Crippen LogP contribution is 2.34. The van der Waals surface area contributed by atoms with Crippen LogP contribution in [-0.2, 0) is 11.0 Å². The molecule has 1 saturated heterocycles. The topological polar surface area (TPSA) is 71.2 Å². The van der Waals surface area contributed by atoms with E-state index in [1.54, 1.807) is 4.90 Å². The van der Waals surface area contributed by atoms with Crippen LogP contribution >= 0.6 is 11.6 Å². The van der Waals surface area contributed by atoms with Crippen molar-refractivity contribution in [2.75, 3.05) is 24.5 Å². The summed E-state index contributed by atoms with van der Waals surface area (Å²) in [6, 6.07) is 0.881. The first-order valence-corrected chi connectivity index (χ1v) is 8.39. The second-order valence-corrected chi connectivity index (χ2v) is 7.40. The number of alkyl halides is 3. The Morgan fingerprint density at radius 1 is 1.40 bits per heavy atom. The van der Waals surface area contributed by atoms with Crippen molar-refractivity contribution >= 4 is 23.3 Å². The van der Waals surface area contributed by atoms with Crippen molar-refractivity contribution in [2.24, 2.45) is 11.7 Å². The second kappa shape index (κ2) is 7.37. The van der Waals surface area contributed by atoms with Crippen LogP contribution in [0.4, 0.5) is 19.0 Å². The number of pyridine rings is 1. The van der Waals surface area contributed by atoms with Gasteiger partial charge in [-0.05, 0) is 32.8 Å². The second-order valence-electron chi connectivity index (χ2n) is 6.99. The first kappa shape index (κ1) is 19.8. The van der Waals surface area contributed by atoms with E-state index in [4.69, 9.17) is 17.3 Å². The zero-order valence-electron chi connectivity index (χ0n) is 14.2. The lowest BCUT2D eigenvalue weighted by molar-refractivity contribution is -0.137. The van der Waals surface area contributed by atoms with Crippen LogP contribution in [0.2, 0.25) is 5.02 Å². The van der Waals surface area contributed by atoms with E-state index in [1.165, 1.54) is 0 Å². The SMILES string of the molecule is CC(C)(N)CNC(=O)C1CCN(c2ncc(C(F)(F)F)cc2Cl)CC1. The summed E-state index contributed by atoms with van der Waals surface area (Å²) in [5, 5.41) is 2.79. The van der Waals surface area contributed by atoms with Gasteiger partial charge in [-0.1, -0.05) is 11.6 Å². The number of halogens is 4. The van der Waals surface area contributed by atoms with E-state index >= 15 is 0 Å². The van der Waals surface area contributed by atoms with E-state index in [9.17, 15) is 18.0 Å². The van der Waals surface area contributed by atoms with Gasteiger partial charge in [-0.25, -0.2) is 4.98 Å². The van der Waals surface area contributed by atoms with E-state index in [-0.39, 0.29) is 16.8 Å². The highest BCUT2D eigenvalue weighted by molar-refractivity contribution is 6.33. The molecule has 1 aliphatic heterocycles. The minimum Gasteiger partial charge on any atom is -0.355 e. The van der Waals surface area contributed by atoms with Gasteiger partial charge >= 0.3 is 6.18 Å². The predicted molar refractivity (Wildman–Crippen MR) is 90.5 cm³/mol. The number of carbonyl (C=O) groups excluding carboxylic acids is 1. The molecule has 1 aliphatic rings. The maximum atomic E-state index is 12.7. The van der Waals surface area contributed by atoms with E-state index in [0.717, 1.165) is 12.3 Å². The summed E-state index contributed by atoms with van der Waals surface area (Å²) in [6.45, 7) is 5.05. The first-order chi connectivity index (χ1) is 11.5. The normalized spacial score (nSPS) is 16.8. The molecule has 1 amide bonds. The highest BCUT2D eigenvalue weighted by Gasteiger charge is 2.33. The molecule has 0 aliphatic carbocycles. The molecule has 140 valence electrons. The van der Waals surface area contributed by atoms with E-state index in [1.807, 2.05) is 13.8 Å². The number of rotatable bonds is 4. The molecular formula is C16H22ClF3N4O. The standard InChI is InChI=1S/C16H22ClF3N4O/c1-15(2,21)9-23-14(25)10-3-5-24(6-4-10)13-12(17)7-11(8-22-13)16(18,19)20/h7-8,10H,3-6,9,21H2,1-2H3,(H,23,25). The van der Waals surface area contributed by atoms with Crippen molar-refractivity contribution in [3.05, 3.63) is 22.8 Å². The van der Waals surface area contributed by atoms with Gasteiger partial charge in [0, 0.05) is 37.3 Å². The van der Waals surface area contributed by atoms with Crippen molar-refractivity contribution in [3.63, 3.8) is 0 Å². The van der Waals surface area contributed by atoms with Gasteiger partial charge in [0.05, 0.1) is 10.6 Å². The number of nitrogens with one attached hydrogen (secondary N) is 1. The molecule has 5 nitrogen and oxygen atoms in total. The van der Waals surface area contributed by atoms with E-state index < -0.39 is 17.3 Å². The Kier molecular flexibility index (Phi) is 5.83. The first-order valence-electron chi connectivity index (χ1n) is 8.01. The fraction of sp³-hybridized carbons (Fsp3) is 0.625. The van der Waals surface area contributed by atoms with Gasteiger partial charge in [0.15, 0.2) is 0 Å². The fourth-order valence-electron chi connectivity index (χ4n) is 2.63. The van der Waals surface area contributed by atoms with Crippen molar-refractivity contribution < 1.29 is 18.0 Å². The average Bonchev–Trinajstić information content (AvgIpc) is 2.51. The Balaban J connectivity index is 1.95. The smallest absolute Gasteiger partial charge is 0.355 e. The van der Waals surface area contributed by atoms with Crippen LogP contribution < -0.4 is 16.0 Å². The lowest BCUT2D eigenvalue weighted by atomic mass is 9.95. The monoisotopic (exact) mass is 378 g/mol. The van der Waals surface area contributed by atoms with Gasteiger partial charge in [0.1, 0.15) is 5.82 Å². The molecule has 0 atom stereocenters. The molecule has 1 aromatic rings. The fourth-order valence-corrected chi connectivity index (χ4v) is 2.92. The quantitative estimate of drug-likeness (QED) is 0.845. The van der Waals surface area contributed by atoms with Crippen molar-refractivity contribution in [1.82, 2.24) is 10.3 Å². The zero-order chi connectivity index (χ0) is 18.8. The molecule has 0 unspecified atom stereocenters. The maximum absolute atomic E-state index is 12.7. The lowest BCUT2D eigenvalue weighted by Gasteiger charge is -2.33. The third-order valence-corrected chi connectivity index (χ3v) is 4.31. The van der Waals surface area contributed by atoms with Crippen molar-refractivity contribution in [2.45, 2.75) is 38.4 Å². The van der Waals surface area contributed by atoms with Crippen LogP contribution in [0.25, 0.3) is 0 Å². The molecule has 2 rings (SSSR count). The van der Waals surface area contributed by atoms with Crippen molar-refractivity contribution in [3.8, 4) is 0 Å². The molecule has 0 bridgehead atoms. The number of hydrogen-bond acceptors (Lipinski definition) is 4. The van der Waals surface area contributed by atoms with Gasteiger partial charge in [0.25, 0.3) is 0 Å². The Labute approximate surface area is 149 Å². The van der Waals surface area contributed by atoms with Gasteiger partial charge < -0.3 is 16.0 Å². The molecule has 1 fully saturated rings. The van der Waals surface area contributed by atoms with E-state index in [0.29, 0.717) is 38.3 Å². The van der Waals surface area contributed by atoms with Crippen LogP contribution in [0.1, 0.15) is 32.3 Å². The summed E-state index contributed by atoms with van der Waals surface area (Å²) in [5.74, 6) is 0.119. The van der Waals surface area contributed by atoms with Gasteiger partial charge in [-0.15, -0.1) is 0 Å². The summed E-state index contributed by atoms with van der Waals surface area (Å²) in [4.78, 5) is 17.8. The Hall–Kier alpha value is -1.54. The molecule has 0 aromatic carbocycles. The van der Waals surface area contributed by atoms with Gasteiger partial charge in [-0.3, -0.25) is 4.79 Å². The molecule has 0 radical (unpaired) electrons. The largest absolute Gasteiger partial charge is 0.417 e. The van der Waals surface area contributed by atoms with Crippen LogP contribution in [-0.4, -0.2) is 36.1 Å². The number of amides is 1. The molecular weight excluding hydrogens is 357 g/mol. The molecule has 25 heavy (non-hydrogen) atoms. The molecule has 3 N–H and O–H groups in total. The molecule has 0 spiro atoms. The molecule has 0 saturated carbocycles. The number of anilines is 1. The third kappa shape index (κ3) is 5.47. The maximum Gasteiger partial charge on any atom is 0.417 e. The van der Waals surface area contributed by atoms with Gasteiger partial charge in [0.2, 0.25) is 5.91 Å². The summed E-state index contributed by atoms with van der Waals surface area (Å²) >= 11 is 5.97. The van der Waals surface area contributed by atoms with Crippen LogP contribution in [0.15, 0.2) is 12.3 Å². The minimum absolute atomic E-state index is 0.0393. The number of carbonyl (C=O) groups is 1. The number of nitrogens with two attached hydrogens (primary N) is 1. The molecule has 9 heteroatoms. The molecule has 1 aromatic heterocycles. The molecule has 2 heterocycles. The van der Waals surface area contributed by atoms with Crippen LogP contribution in [0, 0.1) is 5.92 Å². The third-order valence-electron chi connectivity index (χ3n) is 4.03. The summed E-state index contributed by atoms with van der Waals surface area (Å²) < 4.78 is 38.0. The average molecular weight is 379 g/mol. The Morgan fingerprint density at radius 2 is 2.00 bits per heavy atom.